The molecular weight excluding hydrogens is 310 g/mol. The van der Waals surface area contributed by atoms with Gasteiger partial charge in [0.05, 0.1) is 10.7 Å². The van der Waals surface area contributed by atoms with E-state index in [9.17, 15) is 15.2 Å². The Morgan fingerprint density at radius 1 is 1.10 bits per heavy atom. The van der Waals surface area contributed by atoms with Gasteiger partial charge in [-0.3, -0.25) is 10.1 Å². The number of aromatic hydroxyl groups is 1. The van der Waals surface area contributed by atoms with E-state index in [0.29, 0.717) is 5.56 Å². The summed E-state index contributed by atoms with van der Waals surface area (Å²) in [6.45, 7) is 0. The van der Waals surface area contributed by atoms with E-state index in [0.717, 1.165) is 5.56 Å². The Kier molecular flexibility index (Phi) is 6.39. The van der Waals surface area contributed by atoms with Crippen LogP contribution in [0.4, 0.5) is 5.69 Å². The molecule has 0 saturated carbocycles. The van der Waals surface area contributed by atoms with Gasteiger partial charge < -0.3 is 5.11 Å². The third kappa shape index (κ3) is 4.60. The van der Waals surface area contributed by atoms with E-state index in [1.54, 1.807) is 12.1 Å². The van der Waals surface area contributed by atoms with Gasteiger partial charge in [0, 0.05) is 6.07 Å². The van der Waals surface area contributed by atoms with E-state index in [-0.39, 0.29) is 28.5 Å². The molecule has 0 aliphatic heterocycles. The van der Waals surface area contributed by atoms with E-state index < -0.39 is 4.92 Å². The molecule has 0 saturated heterocycles. The SMILES string of the molecule is O=[N+]([O-])c1ccc(O)c(-[c-]2cccc2)c1.[Fe+2].c1cc[cH-]c1. The number of nitro benzene ring substituents is 1. The summed E-state index contributed by atoms with van der Waals surface area (Å²) >= 11 is 0. The Morgan fingerprint density at radius 3 is 2.19 bits per heavy atom. The van der Waals surface area contributed by atoms with Crippen molar-refractivity contribution in [1.29, 1.82) is 0 Å². The normalized spacial score (nSPS) is 9.14. The summed E-state index contributed by atoms with van der Waals surface area (Å²) < 4.78 is 0. The molecule has 4 nitrogen and oxygen atoms in total. The molecule has 0 atom stereocenters. The number of hydrogen-bond donors (Lipinski definition) is 1. The molecule has 0 spiro atoms. The van der Waals surface area contributed by atoms with Gasteiger partial charge in [0.1, 0.15) is 0 Å². The van der Waals surface area contributed by atoms with E-state index in [4.69, 9.17) is 0 Å². The van der Waals surface area contributed by atoms with E-state index in [1.165, 1.54) is 18.2 Å². The molecule has 0 aromatic heterocycles. The second kappa shape index (κ2) is 8.04. The maximum absolute atomic E-state index is 10.6. The van der Waals surface area contributed by atoms with Gasteiger partial charge in [-0.15, -0.1) is 12.1 Å². The van der Waals surface area contributed by atoms with Gasteiger partial charge >= 0.3 is 17.1 Å². The number of rotatable bonds is 2. The molecule has 0 aliphatic rings. The largest absolute Gasteiger partial charge is 2.00 e. The Labute approximate surface area is 133 Å². The standard InChI is InChI=1S/C11H8NO3.C5H5.Fe/c13-11-6-5-9(12(14)15)7-10(11)8-3-1-2-4-8;1-2-4-5-3-1;/h1-7,13H;1-5H;/q2*-1;+2. The zero-order chi connectivity index (χ0) is 14.4. The predicted molar refractivity (Wildman–Crippen MR) is 77.8 cm³/mol. The molecular formula is C16H13FeNO3. The molecule has 3 aromatic rings. The molecule has 3 aromatic carbocycles. The zero-order valence-electron chi connectivity index (χ0n) is 11.0. The van der Waals surface area contributed by atoms with E-state index in [1.807, 2.05) is 42.5 Å². The zero-order valence-corrected chi connectivity index (χ0v) is 12.1. The van der Waals surface area contributed by atoms with Crippen LogP contribution in [0.3, 0.4) is 0 Å². The first-order valence-corrected chi connectivity index (χ1v) is 6.04. The van der Waals surface area contributed by atoms with Crippen LogP contribution in [0, 0.1) is 10.1 Å². The molecule has 0 radical (unpaired) electrons. The van der Waals surface area contributed by atoms with Gasteiger partial charge in [-0.1, -0.05) is 11.1 Å². The third-order valence-electron chi connectivity index (χ3n) is 2.72. The Hall–Kier alpha value is -2.36. The minimum atomic E-state index is -0.480. The fraction of sp³-hybridized carbons (Fsp3) is 0. The van der Waals surface area contributed by atoms with Crippen molar-refractivity contribution in [2.24, 2.45) is 0 Å². The summed E-state index contributed by atoms with van der Waals surface area (Å²) in [7, 11) is 0. The van der Waals surface area contributed by atoms with Gasteiger partial charge in [-0.2, -0.15) is 30.3 Å². The molecule has 0 aliphatic carbocycles. The second-order valence-electron chi connectivity index (χ2n) is 4.09. The van der Waals surface area contributed by atoms with Gasteiger partial charge in [0.25, 0.3) is 0 Å². The molecule has 0 heterocycles. The quantitative estimate of drug-likeness (QED) is 0.334. The third-order valence-corrected chi connectivity index (χ3v) is 2.72. The fourth-order valence-corrected chi connectivity index (χ4v) is 1.74. The van der Waals surface area contributed by atoms with Crippen LogP contribution in [-0.2, 0) is 17.1 Å². The van der Waals surface area contributed by atoms with Gasteiger partial charge in [-0.25, -0.2) is 12.1 Å². The minimum absolute atomic E-state index is 0. The van der Waals surface area contributed by atoms with Crippen molar-refractivity contribution < 1.29 is 27.1 Å². The first-order valence-electron chi connectivity index (χ1n) is 6.04. The second-order valence-corrected chi connectivity index (χ2v) is 4.09. The molecule has 0 unspecified atom stereocenters. The Bertz CT molecular complexity index is 644. The van der Waals surface area contributed by atoms with Crippen LogP contribution < -0.4 is 0 Å². The number of nitrogens with zero attached hydrogens (tertiary/aromatic N) is 1. The Morgan fingerprint density at radius 2 is 1.71 bits per heavy atom. The molecule has 108 valence electrons. The molecule has 5 heteroatoms. The average Bonchev–Trinajstić information content (AvgIpc) is 3.15. The predicted octanol–water partition coefficient (Wildman–Crippen LogP) is 4.09. The number of hydrogen-bond acceptors (Lipinski definition) is 3. The van der Waals surface area contributed by atoms with Crippen LogP contribution in [0.25, 0.3) is 11.1 Å². The summed E-state index contributed by atoms with van der Waals surface area (Å²) in [6, 6.07) is 21.2. The maximum atomic E-state index is 10.6. The number of non-ortho nitro benzene ring substituents is 1. The summed E-state index contributed by atoms with van der Waals surface area (Å²) in [6.07, 6.45) is 0. The van der Waals surface area contributed by atoms with Crippen molar-refractivity contribution in [3.8, 4) is 16.9 Å². The number of phenolic OH excluding ortho intramolecular Hbond substituents is 1. The molecule has 0 amide bonds. The first kappa shape index (κ1) is 16.7. The summed E-state index contributed by atoms with van der Waals surface area (Å²) in [5.41, 5.74) is 1.23. The van der Waals surface area contributed by atoms with Crippen molar-refractivity contribution in [3.05, 3.63) is 82.9 Å². The Balaban J connectivity index is 0.000000313. The first-order chi connectivity index (χ1) is 9.68. The van der Waals surface area contributed by atoms with Crippen LogP contribution in [0.2, 0.25) is 0 Å². The average molecular weight is 323 g/mol. The fourth-order valence-electron chi connectivity index (χ4n) is 1.74. The molecule has 21 heavy (non-hydrogen) atoms. The monoisotopic (exact) mass is 323 g/mol. The van der Waals surface area contributed by atoms with Crippen molar-refractivity contribution in [2.45, 2.75) is 0 Å². The van der Waals surface area contributed by atoms with Crippen molar-refractivity contribution in [3.63, 3.8) is 0 Å². The minimum Gasteiger partial charge on any atom is -0.542 e. The van der Waals surface area contributed by atoms with Gasteiger partial charge in [0.2, 0.25) is 5.69 Å². The number of benzene rings is 1. The van der Waals surface area contributed by atoms with Crippen LogP contribution in [0.15, 0.2) is 72.8 Å². The van der Waals surface area contributed by atoms with Crippen LogP contribution in [-0.4, -0.2) is 10.0 Å². The molecule has 0 fully saturated rings. The summed E-state index contributed by atoms with van der Waals surface area (Å²) in [4.78, 5) is 10.1. The van der Waals surface area contributed by atoms with Crippen LogP contribution >= 0.6 is 0 Å². The topological polar surface area (TPSA) is 63.4 Å². The van der Waals surface area contributed by atoms with E-state index >= 15 is 0 Å². The smallest absolute Gasteiger partial charge is 0.542 e. The van der Waals surface area contributed by atoms with Crippen LogP contribution in [0.1, 0.15) is 0 Å². The van der Waals surface area contributed by atoms with E-state index in [2.05, 4.69) is 0 Å². The number of phenols is 1. The maximum Gasteiger partial charge on any atom is 2.00 e. The summed E-state index contributed by atoms with van der Waals surface area (Å²) in [5, 5.41) is 20.1. The van der Waals surface area contributed by atoms with Crippen molar-refractivity contribution >= 4 is 5.69 Å². The molecule has 1 N–H and O–H groups in total. The van der Waals surface area contributed by atoms with Crippen molar-refractivity contribution in [2.75, 3.05) is 0 Å². The van der Waals surface area contributed by atoms with Crippen LogP contribution in [0.5, 0.6) is 5.75 Å². The summed E-state index contributed by atoms with van der Waals surface area (Å²) in [5.74, 6) is 0.0480. The molecule has 3 rings (SSSR count). The van der Waals surface area contributed by atoms with Gasteiger partial charge in [0.15, 0.2) is 0 Å². The van der Waals surface area contributed by atoms with Crippen molar-refractivity contribution in [1.82, 2.24) is 0 Å². The molecule has 0 bridgehead atoms. The number of nitro groups is 1. The van der Waals surface area contributed by atoms with Gasteiger partial charge in [-0.05, 0) is 12.1 Å².